The van der Waals surface area contributed by atoms with Gasteiger partial charge in [0, 0.05) is 36.2 Å². The molecular formula is C29H32ClN6O2+. The highest BCUT2D eigenvalue weighted by molar-refractivity contribution is 6.30. The fourth-order valence-corrected chi connectivity index (χ4v) is 5.27. The average molecular weight is 532 g/mol. The van der Waals surface area contributed by atoms with Crippen LogP contribution in [0.2, 0.25) is 5.02 Å². The molecule has 0 radical (unpaired) electrons. The number of H-pyrrole nitrogens is 1. The zero-order valence-electron chi connectivity index (χ0n) is 21.5. The number of aromatic amines is 1. The molecule has 1 aliphatic heterocycles. The van der Waals surface area contributed by atoms with E-state index in [1.54, 1.807) is 0 Å². The Morgan fingerprint density at radius 3 is 2.42 bits per heavy atom. The number of piperidine rings is 1. The van der Waals surface area contributed by atoms with Crippen molar-refractivity contribution in [1.29, 1.82) is 0 Å². The molecule has 2 aromatic carbocycles. The number of halogens is 1. The number of hydrogen-bond donors (Lipinski definition) is 3. The van der Waals surface area contributed by atoms with E-state index in [-0.39, 0.29) is 11.8 Å². The molecule has 3 heterocycles. The Labute approximate surface area is 227 Å². The highest BCUT2D eigenvalue weighted by Crippen LogP contribution is 2.30. The summed E-state index contributed by atoms with van der Waals surface area (Å²) in [5.74, 6) is 1.15. The summed E-state index contributed by atoms with van der Waals surface area (Å²) in [5, 5.41) is 7.55. The van der Waals surface area contributed by atoms with Crippen LogP contribution in [0.25, 0.3) is 22.4 Å². The van der Waals surface area contributed by atoms with Crippen molar-refractivity contribution in [2.24, 2.45) is 0 Å². The van der Waals surface area contributed by atoms with Crippen LogP contribution in [0.4, 0.5) is 5.82 Å². The fourth-order valence-electron chi connectivity index (χ4n) is 5.14. The van der Waals surface area contributed by atoms with Crippen molar-refractivity contribution in [3.8, 4) is 11.4 Å². The Kier molecular flexibility index (Phi) is 7.72. The maximum atomic E-state index is 14.2. The lowest BCUT2D eigenvalue weighted by atomic mass is 10.0. The van der Waals surface area contributed by atoms with Crippen LogP contribution in [0.15, 0.2) is 60.7 Å². The zero-order chi connectivity index (χ0) is 26.5. The molecule has 0 unspecified atom stereocenters. The topological polar surface area (TPSA) is 99.8 Å². The van der Waals surface area contributed by atoms with E-state index in [1.165, 1.54) is 6.92 Å². The predicted molar refractivity (Wildman–Crippen MR) is 150 cm³/mol. The Hall–Kier alpha value is -3.75. The molecule has 5 rings (SSSR count). The third-order valence-electron chi connectivity index (χ3n) is 7.04. The van der Waals surface area contributed by atoms with Gasteiger partial charge in [-0.2, -0.15) is 0 Å². The van der Waals surface area contributed by atoms with E-state index in [0.29, 0.717) is 52.1 Å². The van der Waals surface area contributed by atoms with Gasteiger partial charge in [0.1, 0.15) is 23.7 Å². The second-order valence-corrected chi connectivity index (χ2v) is 10.3. The summed E-state index contributed by atoms with van der Waals surface area (Å²) >= 11 is 6.11. The Morgan fingerprint density at radius 1 is 0.974 bits per heavy atom. The molecular weight excluding hydrogens is 500 g/mol. The third kappa shape index (κ3) is 5.71. The molecule has 196 valence electrons. The van der Waals surface area contributed by atoms with Gasteiger partial charge in [0.2, 0.25) is 5.91 Å². The molecule has 38 heavy (non-hydrogen) atoms. The van der Waals surface area contributed by atoms with Crippen molar-refractivity contribution in [2.45, 2.75) is 32.7 Å². The van der Waals surface area contributed by atoms with Crippen molar-refractivity contribution in [3.63, 3.8) is 0 Å². The molecule has 1 saturated heterocycles. The van der Waals surface area contributed by atoms with Gasteiger partial charge in [0.05, 0.1) is 18.5 Å². The van der Waals surface area contributed by atoms with Gasteiger partial charge in [0.15, 0.2) is 5.82 Å². The Morgan fingerprint density at radius 2 is 1.71 bits per heavy atom. The first-order valence-corrected chi connectivity index (χ1v) is 13.4. The number of nitrogens with one attached hydrogen (secondary N) is 3. The average Bonchev–Trinajstić information content (AvgIpc) is 3.37. The smallest absolute Gasteiger partial charge is 0.362 e. The first-order valence-electron chi connectivity index (χ1n) is 13.0. The molecule has 9 heteroatoms. The minimum atomic E-state index is -0.0876. The largest absolute Gasteiger partial charge is 0.368 e. The number of amides is 2. The van der Waals surface area contributed by atoms with E-state index in [1.807, 2.05) is 60.7 Å². The fraction of sp³-hybridized carbons (Fsp3) is 0.310. The van der Waals surface area contributed by atoms with Crippen LogP contribution in [-0.4, -0.2) is 57.4 Å². The summed E-state index contributed by atoms with van der Waals surface area (Å²) in [6.07, 6.45) is 3.15. The van der Waals surface area contributed by atoms with Crippen LogP contribution in [-0.2, 0) is 11.3 Å². The van der Waals surface area contributed by atoms with Crippen LogP contribution in [0, 0.1) is 0 Å². The number of anilines is 1. The number of hydrogen-bond acceptors (Lipinski definition) is 5. The molecule has 4 aromatic rings. The number of carbonyl (C=O) groups excluding carboxylic acids is 2. The summed E-state index contributed by atoms with van der Waals surface area (Å²) < 4.78 is 0.360. The number of fused-ring (bicyclic) bond motifs is 1. The number of likely N-dealkylation sites (tertiary alicyclic amines) is 1. The first kappa shape index (κ1) is 25.9. The molecule has 1 fully saturated rings. The van der Waals surface area contributed by atoms with Gasteiger partial charge >= 0.3 is 5.91 Å². The monoisotopic (exact) mass is 531 g/mol. The number of quaternary nitrogens is 1. The van der Waals surface area contributed by atoms with Gasteiger partial charge in [-0.05, 0) is 37.5 Å². The normalized spacial score (nSPS) is 14.8. The molecule has 0 saturated carbocycles. The Balaban J connectivity index is 1.51. The van der Waals surface area contributed by atoms with E-state index >= 15 is 0 Å². The molecule has 8 nitrogen and oxygen atoms in total. The van der Waals surface area contributed by atoms with E-state index < -0.39 is 0 Å². The van der Waals surface area contributed by atoms with E-state index in [0.717, 1.165) is 48.9 Å². The lowest BCUT2D eigenvalue weighted by molar-refractivity contribution is -0.867. The van der Waals surface area contributed by atoms with Crippen LogP contribution in [0.3, 0.4) is 0 Å². The van der Waals surface area contributed by atoms with Crippen molar-refractivity contribution in [1.82, 2.24) is 20.3 Å². The molecule has 2 aromatic heterocycles. The summed E-state index contributed by atoms with van der Waals surface area (Å²) in [6, 6.07) is 19.4. The predicted octanol–water partition coefficient (Wildman–Crippen LogP) is 5.17. The third-order valence-corrected chi connectivity index (χ3v) is 7.29. The van der Waals surface area contributed by atoms with Crippen LogP contribution < -0.4 is 10.6 Å². The quantitative estimate of drug-likeness (QED) is 0.215. The molecule has 0 atom stereocenters. The van der Waals surface area contributed by atoms with Gasteiger partial charge < -0.3 is 15.6 Å². The zero-order valence-corrected chi connectivity index (χ0v) is 22.2. The minimum Gasteiger partial charge on any atom is -0.368 e. The van der Waals surface area contributed by atoms with Gasteiger partial charge in [-0.25, -0.2) is 14.8 Å². The highest BCUT2D eigenvalue weighted by Gasteiger charge is 2.40. The number of aromatic nitrogens is 3. The van der Waals surface area contributed by atoms with Gasteiger partial charge in [-0.3, -0.25) is 9.28 Å². The summed E-state index contributed by atoms with van der Waals surface area (Å²) in [4.78, 5) is 38.3. The molecule has 0 spiro atoms. The van der Waals surface area contributed by atoms with Crippen molar-refractivity contribution >= 4 is 40.3 Å². The molecule has 3 N–H and O–H groups in total. The SMILES string of the molecule is CC(=O)NCCNc1nc(-c2ccccc2)nc2[nH]c(C(=O)[N+]3(Cc4ccc(Cl)cc4)CCCCC3)cc12. The van der Waals surface area contributed by atoms with Crippen LogP contribution >= 0.6 is 11.6 Å². The minimum absolute atomic E-state index is 0.0584. The van der Waals surface area contributed by atoms with Crippen molar-refractivity contribution in [3.05, 3.63) is 76.9 Å². The maximum absolute atomic E-state index is 14.2. The maximum Gasteiger partial charge on any atom is 0.362 e. The van der Waals surface area contributed by atoms with Gasteiger partial charge in [0.25, 0.3) is 0 Å². The number of carbonyl (C=O) groups is 2. The van der Waals surface area contributed by atoms with Gasteiger partial charge in [-0.15, -0.1) is 0 Å². The van der Waals surface area contributed by atoms with Crippen LogP contribution in [0.5, 0.6) is 0 Å². The van der Waals surface area contributed by atoms with Crippen LogP contribution in [0.1, 0.15) is 42.2 Å². The molecule has 0 bridgehead atoms. The second-order valence-electron chi connectivity index (χ2n) is 9.86. The number of nitrogens with zero attached hydrogens (tertiary/aromatic N) is 3. The molecule has 2 amide bonds. The summed E-state index contributed by atoms with van der Waals surface area (Å²) in [7, 11) is 0. The second kappa shape index (κ2) is 11.3. The lowest BCUT2D eigenvalue weighted by Gasteiger charge is -2.38. The Bertz CT molecular complexity index is 1430. The molecule has 1 aliphatic rings. The number of benzene rings is 2. The molecule has 0 aliphatic carbocycles. The lowest BCUT2D eigenvalue weighted by Crippen LogP contribution is -2.55. The number of rotatable bonds is 8. The summed E-state index contributed by atoms with van der Waals surface area (Å²) in [6.45, 7) is 4.64. The van der Waals surface area contributed by atoms with E-state index in [2.05, 4.69) is 15.6 Å². The standard InChI is InChI=1S/C29H31ClN6O2/c1-20(37)31-14-15-32-27-24-18-25(33-28(24)35-26(34-27)22-8-4-2-5-9-22)29(38)36(16-6-3-7-17-36)19-21-10-12-23(30)13-11-21/h2,4-5,8-13,18H,3,6-7,14-17,19H2,1H3,(H2-,31,32,33,34,35,37,38)/p+1. The van der Waals surface area contributed by atoms with Crippen molar-refractivity contribution in [2.75, 3.05) is 31.5 Å². The van der Waals surface area contributed by atoms with E-state index in [4.69, 9.17) is 21.6 Å². The van der Waals surface area contributed by atoms with E-state index in [9.17, 15) is 9.59 Å². The van der Waals surface area contributed by atoms with Gasteiger partial charge in [-0.1, -0.05) is 54.1 Å². The highest BCUT2D eigenvalue weighted by atomic mass is 35.5. The first-order chi connectivity index (χ1) is 18.4. The summed E-state index contributed by atoms with van der Waals surface area (Å²) in [5.41, 5.74) is 3.10. The van der Waals surface area contributed by atoms with Crippen molar-refractivity contribution < 1.29 is 14.1 Å².